The molecular formula is C20H20FN5O. The molecule has 1 aliphatic rings. The number of pyridine rings is 1. The van der Waals surface area contributed by atoms with Gasteiger partial charge in [-0.2, -0.15) is 0 Å². The van der Waals surface area contributed by atoms with Gasteiger partial charge < -0.3 is 14.4 Å². The van der Waals surface area contributed by atoms with Crippen LogP contribution in [0.4, 0.5) is 10.2 Å². The summed E-state index contributed by atoms with van der Waals surface area (Å²) in [6, 6.07) is 10.4. The second-order valence-corrected chi connectivity index (χ2v) is 6.63. The monoisotopic (exact) mass is 365 g/mol. The van der Waals surface area contributed by atoms with Gasteiger partial charge in [-0.05, 0) is 29.3 Å². The summed E-state index contributed by atoms with van der Waals surface area (Å²) in [6.07, 6.45) is 7.25. The van der Waals surface area contributed by atoms with Crippen LogP contribution in [0, 0.1) is 5.82 Å². The van der Waals surface area contributed by atoms with Gasteiger partial charge in [0.2, 0.25) is 5.91 Å². The van der Waals surface area contributed by atoms with E-state index in [9.17, 15) is 9.18 Å². The Bertz CT molecular complexity index is 910. The van der Waals surface area contributed by atoms with E-state index in [2.05, 4.69) is 9.97 Å². The van der Waals surface area contributed by atoms with E-state index in [0.717, 1.165) is 16.9 Å². The van der Waals surface area contributed by atoms with Crippen LogP contribution in [0.3, 0.4) is 0 Å². The third-order valence-electron chi connectivity index (χ3n) is 4.64. The molecule has 0 radical (unpaired) electrons. The lowest BCUT2D eigenvalue weighted by Crippen LogP contribution is -2.50. The number of benzene rings is 1. The quantitative estimate of drug-likeness (QED) is 0.696. The smallest absolute Gasteiger partial charge is 0.242 e. The number of rotatable bonds is 5. The third-order valence-corrected chi connectivity index (χ3v) is 4.64. The predicted molar refractivity (Wildman–Crippen MR) is 99.6 cm³/mol. The molecule has 27 heavy (non-hydrogen) atoms. The lowest BCUT2D eigenvalue weighted by molar-refractivity contribution is -0.131. The molecule has 0 bridgehead atoms. The van der Waals surface area contributed by atoms with Crippen LogP contribution in [0.5, 0.6) is 0 Å². The minimum Gasteiger partial charge on any atom is -0.346 e. The highest BCUT2D eigenvalue weighted by Gasteiger charge is 2.24. The molecule has 2 aromatic heterocycles. The van der Waals surface area contributed by atoms with E-state index in [1.807, 2.05) is 40.1 Å². The first-order valence-electron chi connectivity index (χ1n) is 8.85. The molecule has 1 saturated heterocycles. The standard InChI is InChI=1S/C20H20FN5O/c21-18-3-1-2-16(10-18)13-26-9-8-25(14-20(26)27)19-5-4-17(11-23-19)12-24-7-6-22-15-24/h1-7,10-11,15H,8-9,12-14H2. The zero-order valence-electron chi connectivity index (χ0n) is 14.8. The van der Waals surface area contributed by atoms with Gasteiger partial charge in [0.15, 0.2) is 0 Å². The highest BCUT2D eigenvalue weighted by atomic mass is 19.1. The van der Waals surface area contributed by atoms with Crippen molar-refractivity contribution in [1.82, 2.24) is 19.4 Å². The van der Waals surface area contributed by atoms with Gasteiger partial charge in [0.05, 0.1) is 12.9 Å². The summed E-state index contributed by atoms with van der Waals surface area (Å²) in [6.45, 7) is 2.72. The molecule has 0 unspecified atom stereocenters. The summed E-state index contributed by atoms with van der Waals surface area (Å²) in [5, 5.41) is 0. The van der Waals surface area contributed by atoms with Gasteiger partial charge in [0, 0.05) is 44.8 Å². The number of piperazine rings is 1. The van der Waals surface area contributed by atoms with Crippen LogP contribution in [0.25, 0.3) is 0 Å². The summed E-state index contributed by atoms with van der Waals surface area (Å²) >= 11 is 0. The molecular weight excluding hydrogens is 345 g/mol. The minimum absolute atomic E-state index is 0.0230. The maximum atomic E-state index is 13.3. The van der Waals surface area contributed by atoms with Gasteiger partial charge in [0.1, 0.15) is 11.6 Å². The molecule has 3 aromatic rings. The van der Waals surface area contributed by atoms with Crippen LogP contribution in [-0.4, -0.2) is 45.0 Å². The largest absolute Gasteiger partial charge is 0.346 e. The zero-order valence-corrected chi connectivity index (χ0v) is 14.8. The Balaban J connectivity index is 1.37. The van der Waals surface area contributed by atoms with Crippen molar-refractivity contribution in [1.29, 1.82) is 0 Å². The van der Waals surface area contributed by atoms with Gasteiger partial charge in [-0.1, -0.05) is 18.2 Å². The summed E-state index contributed by atoms with van der Waals surface area (Å²) in [7, 11) is 0. The van der Waals surface area contributed by atoms with E-state index < -0.39 is 0 Å². The fraction of sp³-hybridized carbons (Fsp3) is 0.250. The van der Waals surface area contributed by atoms with E-state index in [1.165, 1.54) is 12.1 Å². The molecule has 1 amide bonds. The first-order valence-corrected chi connectivity index (χ1v) is 8.85. The Kier molecular flexibility index (Phi) is 4.82. The van der Waals surface area contributed by atoms with Crippen molar-refractivity contribution in [2.45, 2.75) is 13.1 Å². The summed E-state index contributed by atoms with van der Waals surface area (Å²) in [4.78, 5) is 24.8. The SMILES string of the molecule is O=C1CN(c2ccc(Cn3ccnc3)cn2)CCN1Cc1cccc(F)c1. The predicted octanol–water partition coefficient (Wildman–Crippen LogP) is 2.31. The number of aromatic nitrogens is 3. The number of carbonyl (C=O) groups is 1. The van der Waals surface area contributed by atoms with Gasteiger partial charge in [-0.25, -0.2) is 14.4 Å². The summed E-state index contributed by atoms with van der Waals surface area (Å²) in [5.41, 5.74) is 1.88. The molecule has 0 aliphatic carbocycles. The number of nitrogens with zero attached hydrogens (tertiary/aromatic N) is 5. The topological polar surface area (TPSA) is 54.3 Å². The number of hydrogen-bond donors (Lipinski definition) is 0. The molecule has 6 nitrogen and oxygen atoms in total. The number of amides is 1. The molecule has 7 heteroatoms. The Morgan fingerprint density at radius 2 is 2.00 bits per heavy atom. The minimum atomic E-state index is -0.279. The molecule has 0 N–H and O–H groups in total. The maximum Gasteiger partial charge on any atom is 0.242 e. The van der Waals surface area contributed by atoms with Crippen molar-refractivity contribution in [3.63, 3.8) is 0 Å². The van der Waals surface area contributed by atoms with Crippen LogP contribution in [0.1, 0.15) is 11.1 Å². The fourth-order valence-corrected chi connectivity index (χ4v) is 3.22. The van der Waals surface area contributed by atoms with Crippen LogP contribution >= 0.6 is 0 Å². The van der Waals surface area contributed by atoms with Gasteiger partial charge in [0.25, 0.3) is 0 Å². The van der Waals surface area contributed by atoms with Crippen LogP contribution in [-0.2, 0) is 17.9 Å². The highest BCUT2D eigenvalue weighted by molar-refractivity contribution is 5.82. The zero-order chi connectivity index (χ0) is 18.6. The van der Waals surface area contributed by atoms with Crippen molar-refractivity contribution in [2.24, 2.45) is 0 Å². The Morgan fingerprint density at radius 1 is 1.07 bits per heavy atom. The van der Waals surface area contributed by atoms with Crippen LogP contribution < -0.4 is 4.90 Å². The second kappa shape index (κ2) is 7.57. The third kappa shape index (κ3) is 4.13. The summed E-state index contributed by atoms with van der Waals surface area (Å²) in [5.74, 6) is 0.538. The Hall–Kier alpha value is -3.22. The molecule has 0 saturated carbocycles. The number of imidazole rings is 1. The average Bonchev–Trinajstić information content (AvgIpc) is 3.17. The molecule has 1 aromatic carbocycles. The fourth-order valence-electron chi connectivity index (χ4n) is 3.22. The number of hydrogen-bond acceptors (Lipinski definition) is 4. The molecule has 1 fully saturated rings. The van der Waals surface area contributed by atoms with E-state index in [1.54, 1.807) is 23.5 Å². The summed E-state index contributed by atoms with van der Waals surface area (Å²) < 4.78 is 15.3. The van der Waals surface area contributed by atoms with E-state index in [-0.39, 0.29) is 18.3 Å². The van der Waals surface area contributed by atoms with Gasteiger partial charge in [-0.15, -0.1) is 0 Å². The molecule has 3 heterocycles. The number of carbonyl (C=O) groups excluding carboxylic acids is 1. The Morgan fingerprint density at radius 3 is 2.70 bits per heavy atom. The molecule has 0 atom stereocenters. The molecule has 0 spiro atoms. The van der Waals surface area contributed by atoms with Crippen LogP contribution in [0.2, 0.25) is 0 Å². The lowest BCUT2D eigenvalue weighted by Gasteiger charge is -2.35. The van der Waals surface area contributed by atoms with E-state index in [0.29, 0.717) is 26.2 Å². The number of anilines is 1. The van der Waals surface area contributed by atoms with E-state index in [4.69, 9.17) is 0 Å². The van der Waals surface area contributed by atoms with E-state index >= 15 is 0 Å². The van der Waals surface area contributed by atoms with Crippen molar-refractivity contribution < 1.29 is 9.18 Å². The highest BCUT2D eigenvalue weighted by Crippen LogP contribution is 2.17. The molecule has 4 rings (SSSR count). The van der Waals surface area contributed by atoms with Crippen LogP contribution in [0.15, 0.2) is 61.3 Å². The van der Waals surface area contributed by atoms with Crippen molar-refractivity contribution in [3.05, 3.63) is 78.3 Å². The first-order chi connectivity index (χ1) is 13.2. The maximum absolute atomic E-state index is 13.3. The molecule has 1 aliphatic heterocycles. The first kappa shape index (κ1) is 17.2. The second-order valence-electron chi connectivity index (χ2n) is 6.63. The normalized spacial score (nSPS) is 14.6. The Labute approximate surface area is 156 Å². The van der Waals surface area contributed by atoms with Crippen molar-refractivity contribution in [3.8, 4) is 0 Å². The number of halogens is 1. The molecule has 138 valence electrons. The lowest BCUT2D eigenvalue weighted by atomic mass is 10.2. The van der Waals surface area contributed by atoms with Gasteiger partial charge >= 0.3 is 0 Å². The van der Waals surface area contributed by atoms with Crippen molar-refractivity contribution in [2.75, 3.05) is 24.5 Å². The van der Waals surface area contributed by atoms with Gasteiger partial charge in [-0.3, -0.25) is 4.79 Å². The average molecular weight is 365 g/mol. The van der Waals surface area contributed by atoms with Crippen molar-refractivity contribution >= 4 is 11.7 Å².